The van der Waals surface area contributed by atoms with Gasteiger partial charge in [0.1, 0.15) is 10.7 Å². The van der Waals surface area contributed by atoms with E-state index in [1.807, 2.05) is 30.3 Å². The average molecular weight is 429 g/mol. The molecule has 0 unspecified atom stereocenters. The number of ketones is 1. The molecule has 29 heavy (non-hydrogen) atoms. The van der Waals surface area contributed by atoms with Crippen molar-refractivity contribution in [3.05, 3.63) is 99.0 Å². The Morgan fingerprint density at radius 1 is 1.00 bits per heavy atom. The van der Waals surface area contributed by atoms with Gasteiger partial charge in [0.15, 0.2) is 4.91 Å². The molecule has 0 saturated carbocycles. The zero-order chi connectivity index (χ0) is 20.4. The second-order valence-electron chi connectivity index (χ2n) is 6.48. The van der Waals surface area contributed by atoms with Gasteiger partial charge >= 0.3 is 0 Å². The summed E-state index contributed by atoms with van der Waals surface area (Å²) in [5.41, 5.74) is 1.99. The van der Waals surface area contributed by atoms with Gasteiger partial charge in [-0.3, -0.25) is 9.10 Å². The summed E-state index contributed by atoms with van der Waals surface area (Å²) in [7, 11) is -4.03. The maximum Gasteiger partial charge on any atom is 0.270 e. The number of thiophene rings is 1. The standard InChI is InChI=1S/C21H17FN2O3S2/c22-17-8-6-15(7-9-17)12-23-13-19-20(25)21-18(10-11-28-21)24(29(19,26)27)14-16-4-2-1-3-5-16/h1-11,13,23H,12,14H2/b19-13-. The van der Waals surface area contributed by atoms with Gasteiger partial charge in [0.25, 0.3) is 10.0 Å². The Balaban J connectivity index is 1.65. The number of fused-ring (bicyclic) bond motifs is 1. The number of halogens is 1. The zero-order valence-corrected chi connectivity index (χ0v) is 16.8. The Bertz CT molecular complexity index is 1170. The van der Waals surface area contributed by atoms with Crippen molar-refractivity contribution in [2.24, 2.45) is 0 Å². The molecule has 5 nitrogen and oxygen atoms in total. The van der Waals surface area contributed by atoms with Crippen molar-refractivity contribution in [3.63, 3.8) is 0 Å². The summed E-state index contributed by atoms with van der Waals surface area (Å²) in [5.74, 6) is -0.871. The summed E-state index contributed by atoms with van der Waals surface area (Å²) in [5, 5.41) is 4.59. The van der Waals surface area contributed by atoms with Crippen LogP contribution in [0.4, 0.5) is 10.1 Å². The van der Waals surface area contributed by atoms with Crippen molar-refractivity contribution in [2.45, 2.75) is 13.1 Å². The topological polar surface area (TPSA) is 66.5 Å². The molecule has 0 saturated heterocycles. The van der Waals surface area contributed by atoms with Crippen LogP contribution < -0.4 is 9.62 Å². The number of rotatable bonds is 5. The summed E-state index contributed by atoms with van der Waals surface area (Å²) < 4.78 is 40.7. The second-order valence-corrected chi connectivity index (χ2v) is 9.22. The molecule has 1 N–H and O–H groups in total. The van der Waals surface area contributed by atoms with Crippen LogP contribution in [0.5, 0.6) is 0 Å². The highest BCUT2D eigenvalue weighted by molar-refractivity contribution is 7.97. The maximum absolute atomic E-state index is 13.2. The minimum atomic E-state index is -4.03. The fraction of sp³-hybridized carbons (Fsp3) is 0.0952. The van der Waals surface area contributed by atoms with Crippen LogP contribution in [0.15, 0.2) is 77.1 Å². The van der Waals surface area contributed by atoms with E-state index in [1.165, 1.54) is 34.0 Å². The van der Waals surface area contributed by atoms with Crippen LogP contribution in [-0.4, -0.2) is 14.2 Å². The molecule has 3 aromatic rings. The van der Waals surface area contributed by atoms with E-state index in [0.29, 0.717) is 10.6 Å². The number of nitrogens with one attached hydrogen (secondary N) is 1. The van der Waals surface area contributed by atoms with Crippen LogP contribution in [0.1, 0.15) is 20.8 Å². The monoisotopic (exact) mass is 428 g/mol. The van der Waals surface area contributed by atoms with Gasteiger partial charge in [0, 0.05) is 12.7 Å². The van der Waals surface area contributed by atoms with Crippen LogP contribution in [0.25, 0.3) is 0 Å². The van der Waals surface area contributed by atoms with E-state index < -0.39 is 15.8 Å². The lowest BCUT2D eigenvalue weighted by atomic mass is 10.2. The second kappa shape index (κ2) is 7.81. The maximum atomic E-state index is 13.2. The van der Waals surface area contributed by atoms with Gasteiger partial charge in [0.05, 0.1) is 12.2 Å². The third-order valence-corrected chi connectivity index (χ3v) is 7.20. The molecular formula is C21H17FN2O3S2. The van der Waals surface area contributed by atoms with Crippen LogP contribution in [0.3, 0.4) is 0 Å². The molecule has 0 aliphatic carbocycles. The van der Waals surface area contributed by atoms with E-state index in [1.54, 1.807) is 23.6 Å². The molecule has 148 valence electrons. The molecule has 0 radical (unpaired) electrons. The Morgan fingerprint density at radius 2 is 1.72 bits per heavy atom. The van der Waals surface area contributed by atoms with Gasteiger partial charge in [-0.2, -0.15) is 0 Å². The predicted octanol–water partition coefficient (Wildman–Crippen LogP) is 4.05. The van der Waals surface area contributed by atoms with Crippen molar-refractivity contribution >= 4 is 32.8 Å². The minimum Gasteiger partial charge on any atom is -0.386 e. The first-order valence-corrected chi connectivity index (χ1v) is 11.2. The first-order chi connectivity index (χ1) is 14.0. The molecule has 0 fully saturated rings. The van der Waals surface area contributed by atoms with E-state index in [4.69, 9.17) is 0 Å². The quantitative estimate of drug-likeness (QED) is 0.623. The molecule has 4 rings (SSSR count). The molecule has 0 atom stereocenters. The Hall–Kier alpha value is -2.97. The number of Topliss-reactive ketones (excluding diaryl/α,β-unsaturated/α-hetero) is 1. The molecule has 1 aliphatic heterocycles. The zero-order valence-electron chi connectivity index (χ0n) is 15.2. The van der Waals surface area contributed by atoms with Crippen molar-refractivity contribution in [1.82, 2.24) is 5.32 Å². The van der Waals surface area contributed by atoms with E-state index in [-0.39, 0.29) is 23.8 Å². The Kier molecular flexibility index (Phi) is 5.21. The molecule has 8 heteroatoms. The smallest absolute Gasteiger partial charge is 0.270 e. The predicted molar refractivity (Wildman–Crippen MR) is 112 cm³/mol. The van der Waals surface area contributed by atoms with Gasteiger partial charge in [-0.05, 0) is 34.7 Å². The molecule has 2 aromatic carbocycles. The number of hydrogen-bond acceptors (Lipinski definition) is 5. The lowest BCUT2D eigenvalue weighted by Crippen LogP contribution is -2.38. The van der Waals surface area contributed by atoms with Crippen LogP contribution in [0, 0.1) is 5.82 Å². The summed E-state index contributed by atoms with van der Waals surface area (Å²) in [6.45, 7) is 0.401. The number of carbonyl (C=O) groups excluding carboxylic acids is 1. The number of anilines is 1. The molecule has 2 heterocycles. The SMILES string of the molecule is O=C1/C(=C/NCc2ccc(F)cc2)S(=O)(=O)N(Cc2ccccc2)c2ccsc21. The van der Waals surface area contributed by atoms with E-state index in [9.17, 15) is 17.6 Å². The summed E-state index contributed by atoms with van der Waals surface area (Å²) >= 11 is 1.22. The van der Waals surface area contributed by atoms with Crippen LogP contribution in [-0.2, 0) is 23.1 Å². The van der Waals surface area contributed by atoms with E-state index in [2.05, 4.69) is 5.32 Å². The summed E-state index contributed by atoms with van der Waals surface area (Å²) in [6.07, 6.45) is 1.24. The fourth-order valence-corrected chi connectivity index (χ4v) is 5.58. The number of nitrogens with zero attached hydrogens (tertiary/aromatic N) is 1. The normalized spacial score (nSPS) is 16.7. The minimum absolute atomic E-state index is 0.134. The third-order valence-electron chi connectivity index (χ3n) is 4.53. The average Bonchev–Trinajstić information content (AvgIpc) is 3.20. The molecule has 1 aromatic heterocycles. The van der Waals surface area contributed by atoms with Crippen LogP contribution >= 0.6 is 11.3 Å². The van der Waals surface area contributed by atoms with Gasteiger partial charge < -0.3 is 5.32 Å². The van der Waals surface area contributed by atoms with Gasteiger partial charge in [-0.1, -0.05) is 42.5 Å². The molecule has 0 spiro atoms. The highest BCUT2D eigenvalue weighted by Crippen LogP contribution is 2.39. The van der Waals surface area contributed by atoms with E-state index in [0.717, 1.165) is 11.1 Å². The number of sulfonamides is 1. The fourth-order valence-electron chi connectivity index (χ4n) is 3.07. The molecule has 0 bridgehead atoms. The Labute approximate surface area is 172 Å². The van der Waals surface area contributed by atoms with E-state index >= 15 is 0 Å². The van der Waals surface area contributed by atoms with Gasteiger partial charge in [-0.25, -0.2) is 12.8 Å². The summed E-state index contributed by atoms with van der Waals surface area (Å²) in [6, 6.07) is 16.7. The van der Waals surface area contributed by atoms with Crippen LogP contribution in [0.2, 0.25) is 0 Å². The highest BCUT2D eigenvalue weighted by Gasteiger charge is 2.41. The van der Waals surface area contributed by atoms with Crippen molar-refractivity contribution in [1.29, 1.82) is 0 Å². The van der Waals surface area contributed by atoms with Gasteiger partial charge in [0.2, 0.25) is 5.78 Å². The molecular weight excluding hydrogens is 411 g/mol. The third kappa shape index (κ3) is 3.81. The van der Waals surface area contributed by atoms with Crippen molar-refractivity contribution in [2.75, 3.05) is 4.31 Å². The number of carbonyl (C=O) groups is 1. The van der Waals surface area contributed by atoms with Crippen molar-refractivity contribution < 1.29 is 17.6 Å². The number of benzene rings is 2. The Morgan fingerprint density at radius 3 is 2.45 bits per heavy atom. The number of allylic oxidation sites excluding steroid dienone is 1. The lowest BCUT2D eigenvalue weighted by Gasteiger charge is -2.29. The highest BCUT2D eigenvalue weighted by atomic mass is 32.2. The largest absolute Gasteiger partial charge is 0.386 e. The van der Waals surface area contributed by atoms with Crippen molar-refractivity contribution in [3.8, 4) is 0 Å². The lowest BCUT2D eigenvalue weighted by molar-refractivity contribution is 0.104. The summed E-state index contributed by atoms with van der Waals surface area (Å²) in [4.78, 5) is 12.9. The van der Waals surface area contributed by atoms with Gasteiger partial charge in [-0.15, -0.1) is 11.3 Å². The molecule has 1 aliphatic rings. The first-order valence-electron chi connectivity index (χ1n) is 8.83. The molecule has 0 amide bonds. The first kappa shape index (κ1) is 19.4. The number of hydrogen-bond donors (Lipinski definition) is 1.